The van der Waals surface area contributed by atoms with Gasteiger partial charge in [0.05, 0.1) is 6.20 Å². The molecule has 0 bridgehead atoms. The second kappa shape index (κ2) is 5.21. The third kappa shape index (κ3) is 2.89. The fourth-order valence-corrected chi connectivity index (χ4v) is 2.56. The van der Waals surface area contributed by atoms with Crippen LogP contribution in [0.3, 0.4) is 0 Å². The smallest absolute Gasteiger partial charge is 0.0534 e. The van der Waals surface area contributed by atoms with E-state index in [1.165, 1.54) is 31.2 Å². The standard InChI is InChI=1S/C14H25N3/c1-4-14(6-5-7-14)11-15-8-13-9-16-17(10-13)12(2)3/h9-10,12,15H,4-8,11H2,1-3H3. The lowest BCUT2D eigenvalue weighted by Gasteiger charge is -2.41. The summed E-state index contributed by atoms with van der Waals surface area (Å²) in [6.07, 6.45) is 9.67. The van der Waals surface area contributed by atoms with Crippen LogP contribution in [0.2, 0.25) is 0 Å². The molecule has 1 aliphatic rings. The van der Waals surface area contributed by atoms with Crippen molar-refractivity contribution in [1.82, 2.24) is 15.1 Å². The van der Waals surface area contributed by atoms with Gasteiger partial charge in [-0.15, -0.1) is 0 Å². The maximum absolute atomic E-state index is 4.36. The summed E-state index contributed by atoms with van der Waals surface area (Å²) in [5, 5.41) is 7.96. The van der Waals surface area contributed by atoms with E-state index >= 15 is 0 Å². The van der Waals surface area contributed by atoms with E-state index < -0.39 is 0 Å². The van der Waals surface area contributed by atoms with E-state index in [9.17, 15) is 0 Å². The van der Waals surface area contributed by atoms with Crippen LogP contribution in [0.4, 0.5) is 0 Å². The summed E-state index contributed by atoms with van der Waals surface area (Å²) < 4.78 is 2.02. The maximum Gasteiger partial charge on any atom is 0.0534 e. The summed E-state index contributed by atoms with van der Waals surface area (Å²) in [6.45, 7) is 8.75. The van der Waals surface area contributed by atoms with Crippen molar-refractivity contribution in [3.05, 3.63) is 18.0 Å². The van der Waals surface area contributed by atoms with Gasteiger partial charge in [0.1, 0.15) is 0 Å². The second-order valence-corrected chi connectivity index (χ2v) is 5.73. The highest BCUT2D eigenvalue weighted by Gasteiger charge is 2.34. The van der Waals surface area contributed by atoms with Crippen molar-refractivity contribution < 1.29 is 0 Å². The van der Waals surface area contributed by atoms with Crippen molar-refractivity contribution in [1.29, 1.82) is 0 Å². The molecule has 3 nitrogen and oxygen atoms in total. The van der Waals surface area contributed by atoms with E-state index in [0.717, 1.165) is 13.1 Å². The summed E-state index contributed by atoms with van der Waals surface area (Å²) in [4.78, 5) is 0. The molecule has 1 fully saturated rings. The summed E-state index contributed by atoms with van der Waals surface area (Å²) >= 11 is 0. The van der Waals surface area contributed by atoms with Crippen molar-refractivity contribution in [2.75, 3.05) is 6.54 Å². The molecule has 1 aromatic heterocycles. The van der Waals surface area contributed by atoms with E-state index in [4.69, 9.17) is 0 Å². The van der Waals surface area contributed by atoms with Crippen LogP contribution in [0.1, 0.15) is 58.1 Å². The first-order chi connectivity index (χ1) is 8.15. The molecule has 0 unspecified atom stereocenters. The molecule has 1 saturated carbocycles. The summed E-state index contributed by atoms with van der Waals surface area (Å²) in [6, 6.07) is 0.456. The van der Waals surface area contributed by atoms with Crippen molar-refractivity contribution in [3.8, 4) is 0 Å². The van der Waals surface area contributed by atoms with Gasteiger partial charge in [-0.1, -0.05) is 13.3 Å². The van der Waals surface area contributed by atoms with E-state index in [-0.39, 0.29) is 0 Å². The Hall–Kier alpha value is -0.830. The number of nitrogens with zero attached hydrogens (tertiary/aromatic N) is 2. The number of hydrogen-bond donors (Lipinski definition) is 1. The molecule has 1 aliphatic carbocycles. The molecule has 0 aliphatic heterocycles. The lowest BCUT2D eigenvalue weighted by atomic mass is 9.67. The molecule has 0 aromatic carbocycles. The molecule has 0 atom stereocenters. The van der Waals surface area contributed by atoms with Crippen LogP contribution in [0, 0.1) is 5.41 Å². The molecule has 1 heterocycles. The molecule has 1 N–H and O–H groups in total. The minimum atomic E-state index is 0.456. The first-order valence-electron chi connectivity index (χ1n) is 6.89. The molecule has 0 spiro atoms. The highest BCUT2D eigenvalue weighted by molar-refractivity contribution is 5.04. The van der Waals surface area contributed by atoms with E-state index in [0.29, 0.717) is 11.5 Å². The SMILES string of the molecule is CCC1(CNCc2cnn(C(C)C)c2)CCC1. The zero-order valence-electron chi connectivity index (χ0n) is 11.4. The molecule has 0 radical (unpaired) electrons. The Labute approximate surface area is 105 Å². The number of aromatic nitrogens is 2. The predicted molar refractivity (Wildman–Crippen MR) is 70.9 cm³/mol. The van der Waals surface area contributed by atoms with Gasteiger partial charge in [-0.3, -0.25) is 4.68 Å². The van der Waals surface area contributed by atoms with Gasteiger partial charge in [-0.05, 0) is 38.5 Å². The fourth-order valence-electron chi connectivity index (χ4n) is 2.56. The Morgan fingerprint density at radius 1 is 1.47 bits per heavy atom. The Balaban J connectivity index is 1.77. The number of rotatable bonds is 6. The molecular formula is C14H25N3. The molecule has 0 amide bonds. The average Bonchev–Trinajstić information content (AvgIpc) is 2.71. The quantitative estimate of drug-likeness (QED) is 0.821. The van der Waals surface area contributed by atoms with Crippen LogP contribution < -0.4 is 5.32 Å². The van der Waals surface area contributed by atoms with Gasteiger partial charge in [0.2, 0.25) is 0 Å². The van der Waals surface area contributed by atoms with Crippen LogP contribution in [-0.4, -0.2) is 16.3 Å². The van der Waals surface area contributed by atoms with E-state index in [1.807, 2.05) is 10.9 Å². The summed E-state index contributed by atoms with van der Waals surface area (Å²) in [5.74, 6) is 0. The zero-order valence-corrected chi connectivity index (χ0v) is 11.4. The molecule has 96 valence electrons. The van der Waals surface area contributed by atoms with Crippen LogP contribution >= 0.6 is 0 Å². The Bertz CT molecular complexity index is 345. The van der Waals surface area contributed by atoms with Crippen LogP contribution in [0.5, 0.6) is 0 Å². The molecule has 17 heavy (non-hydrogen) atoms. The molecular weight excluding hydrogens is 210 g/mol. The normalized spacial score (nSPS) is 18.4. The number of hydrogen-bond acceptors (Lipinski definition) is 2. The Morgan fingerprint density at radius 3 is 2.71 bits per heavy atom. The van der Waals surface area contributed by atoms with Gasteiger partial charge in [0.25, 0.3) is 0 Å². The minimum Gasteiger partial charge on any atom is -0.312 e. The highest BCUT2D eigenvalue weighted by atomic mass is 15.3. The van der Waals surface area contributed by atoms with Gasteiger partial charge >= 0.3 is 0 Å². The summed E-state index contributed by atoms with van der Waals surface area (Å²) in [7, 11) is 0. The Morgan fingerprint density at radius 2 is 2.24 bits per heavy atom. The topological polar surface area (TPSA) is 29.9 Å². The Kier molecular flexibility index (Phi) is 3.87. The molecule has 2 rings (SSSR count). The third-order valence-electron chi connectivity index (χ3n) is 4.18. The van der Waals surface area contributed by atoms with Crippen LogP contribution in [-0.2, 0) is 6.54 Å². The average molecular weight is 235 g/mol. The minimum absolute atomic E-state index is 0.456. The van der Waals surface area contributed by atoms with Crippen molar-refractivity contribution in [3.63, 3.8) is 0 Å². The highest BCUT2D eigenvalue weighted by Crippen LogP contribution is 2.43. The zero-order chi connectivity index (χ0) is 12.3. The predicted octanol–water partition coefficient (Wildman–Crippen LogP) is 3.13. The van der Waals surface area contributed by atoms with E-state index in [1.54, 1.807) is 0 Å². The summed E-state index contributed by atoms with van der Waals surface area (Å²) in [5.41, 5.74) is 1.90. The first-order valence-corrected chi connectivity index (χ1v) is 6.89. The van der Waals surface area contributed by atoms with Crippen LogP contribution in [0.25, 0.3) is 0 Å². The van der Waals surface area contributed by atoms with Gasteiger partial charge < -0.3 is 5.32 Å². The lowest BCUT2D eigenvalue weighted by Crippen LogP contribution is -2.39. The van der Waals surface area contributed by atoms with Crippen molar-refractivity contribution in [2.24, 2.45) is 5.41 Å². The van der Waals surface area contributed by atoms with Gasteiger partial charge in [0.15, 0.2) is 0 Å². The monoisotopic (exact) mass is 235 g/mol. The lowest BCUT2D eigenvalue weighted by molar-refractivity contribution is 0.124. The van der Waals surface area contributed by atoms with Crippen molar-refractivity contribution >= 4 is 0 Å². The second-order valence-electron chi connectivity index (χ2n) is 5.73. The van der Waals surface area contributed by atoms with Gasteiger partial charge in [-0.2, -0.15) is 5.10 Å². The number of nitrogens with one attached hydrogen (secondary N) is 1. The fraction of sp³-hybridized carbons (Fsp3) is 0.786. The largest absolute Gasteiger partial charge is 0.312 e. The van der Waals surface area contributed by atoms with Crippen molar-refractivity contribution in [2.45, 2.75) is 59.0 Å². The van der Waals surface area contributed by atoms with Gasteiger partial charge in [0, 0.05) is 30.9 Å². The molecule has 3 heteroatoms. The molecule has 1 aromatic rings. The first kappa shape index (κ1) is 12.6. The molecule has 0 saturated heterocycles. The third-order valence-corrected chi connectivity index (χ3v) is 4.18. The van der Waals surface area contributed by atoms with E-state index in [2.05, 4.69) is 37.4 Å². The van der Waals surface area contributed by atoms with Gasteiger partial charge in [-0.25, -0.2) is 0 Å². The maximum atomic E-state index is 4.36. The van der Waals surface area contributed by atoms with Crippen LogP contribution in [0.15, 0.2) is 12.4 Å².